The van der Waals surface area contributed by atoms with Gasteiger partial charge in [-0.05, 0) is 84.6 Å². The fourth-order valence-corrected chi connectivity index (χ4v) is 4.44. The summed E-state index contributed by atoms with van der Waals surface area (Å²) in [4.78, 5) is 0. The number of benzene rings is 4. The molecule has 0 aliphatic heterocycles. The van der Waals surface area contributed by atoms with E-state index in [-0.39, 0.29) is 23.0 Å². The van der Waals surface area contributed by atoms with Crippen LogP contribution < -0.4 is 0 Å². The van der Waals surface area contributed by atoms with Crippen molar-refractivity contribution in [3.05, 3.63) is 119 Å². The number of aromatic hydroxyl groups is 4. The molecule has 5 nitrogen and oxygen atoms in total. The summed E-state index contributed by atoms with van der Waals surface area (Å²) in [6.45, 7) is 4.83. The van der Waals surface area contributed by atoms with Crippen molar-refractivity contribution in [2.45, 2.75) is 24.7 Å². The third-order valence-corrected chi connectivity index (χ3v) is 6.80. The van der Waals surface area contributed by atoms with E-state index in [1.807, 2.05) is 48.5 Å². The van der Waals surface area contributed by atoms with Crippen LogP contribution in [0.15, 0.2) is 97.1 Å². The van der Waals surface area contributed by atoms with Crippen LogP contribution in [0.1, 0.15) is 36.1 Å². The van der Waals surface area contributed by atoms with E-state index in [0.717, 1.165) is 22.3 Å². The lowest BCUT2D eigenvalue weighted by atomic mass is 9.75. The molecular formula is C30H30O5. The van der Waals surface area contributed by atoms with E-state index in [1.54, 1.807) is 48.5 Å². The standard InChI is InChI=1S/C30H30O5/c1-29(21-3-11-25(31)12-4-21,22-5-13-26(32)14-6-22)19-35-20-30(2,23-7-15-27(33)16-8-23)24-9-17-28(34)18-10-24/h3-18,31-34H,19-20H2,1-2H3. The van der Waals surface area contributed by atoms with Crippen LogP contribution >= 0.6 is 0 Å². The average molecular weight is 471 g/mol. The van der Waals surface area contributed by atoms with Gasteiger partial charge in [0.1, 0.15) is 23.0 Å². The highest BCUT2D eigenvalue weighted by atomic mass is 16.5. The Morgan fingerprint density at radius 1 is 0.429 bits per heavy atom. The summed E-state index contributed by atoms with van der Waals surface area (Å²) < 4.78 is 6.45. The van der Waals surface area contributed by atoms with Gasteiger partial charge in [0.15, 0.2) is 0 Å². The first-order valence-electron chi connectivity index (χ1n) is 11.5. The minimum Gasteiger partial charge on any atom is -0.508 e. The number of phenols is 4. The maximum Gasteiger partial charge on any atom is 0.115 e. The number of rotatable bonds is 8. The molecule has 0 aliphatic rings. The van der Waals surface area contributed by atoms with Gasteiger partial charge in [0, 0.05) is 10.8 Å². The van der Waals surface area contributed by atoms with E-state index < -0.39 is 10.8 Å². The maximum absolute atomic E-state index is 9.80. The lowest BCUT2D eigenvalue weighted by molar-refractivity contribution is 0.0742. The summed E-state index contributed by atoms with van der Waals surface area (Å²) in [7, 11) is 0. The van der Waals surface area contributed by atoms with Crippen molar-refractivity contribution in [3.63, 3.8) is 0 Å². The van der Waals surface area contributed by atoms with Gasteiger partial charge in [-0.15, -0.1) is 0 Å². The molecule has 0 saturated heterocycles. The lowest BCUT2D eigenvalue weighted by Gasteiger charge is -2.35. The van der Waals surface area contributed by atoms with Gasteiger partial charge in [-0.25, -0.2) is 0 Å². The molecule has 4 N–H and O–H groups in total. The predicted octanol–water partition coefficient (Wildman–Crippen LogP) is 5.84. The van der Waals surface area contributed by atoms with Crippen LogP contribution in [0, 0.1) is 0 Å². The molecule has 0 atom stereocenters. The van der Waals surface area contributed by atoms with E-state index in [1.165, 1.54) is 0 Å². The molecule has 180 valence electrons. The molecule has 0 fully saturated rings. The molecule has 5 heteroatoms. The van der Waals surface area contributed by atoms with Crippen LogP contribution in [0.2, 0.25) is 0 Å². The normalized spacial score (nSPS) is 11.9. The first-order chi connectivity index (χ1) is 16.7. The maximum atomic E-state index is 9.80. The second kappa shape index (κ2) is 9.72. The van der Waals surface area contributed by atoms with Gasteiger partial charge in [0.05, 0.1) is 13.2 Å². The van der Waals surface area contributed by atoms with Crippen molar-refractivity contribution in [3.8, 4) is 23.0 Å². The second-order valence-corrected chi connectivity index (χ2v) is 9.34. The highest BCUT2D eigenvalue weighted by Crippen LogP contribution is 2.37. The molecule has 0 saturated carbocycles. The fraction of sp³-hybridized carbons (Fsp3) is 0.200. The van der Waals surface area contributed by atoms with E-state index >= 15 is 0 Å². The van der Waals surface area contributed by atoms with Gasteiger partial charge in [0.25, 0.3) is 0 Å². The van der Waals surface area contributed by atoms with Gasteiger partial charge in [-0.2, -0.15) is 0 Å². The van der Waals surface area contributed by atoms with Gasteiger partial charge in [0.2, 0.25) is 0 Å². The van der Waals surface area contributed by atoms with Crippen molar-refractivity contribution in [1.29, 1.82) is 0 Å². The molecule has 0 spiro atoms. The van der Waals surface area contributed by atoms with E-state index in [0.29, 0.717) is 13.2 Å². The Morgan fingerprint density at radius 2 is 0.629 bits per heavy atom. The van der Waals surface area contributed by atoms with Crippen LogP contribution in [0.3, 0.4) is 0 Å². The number of ether oxygens (including phenoxy) is 1. The minimum absolute atomic E-state index is 0.190. The van der Waals surface area contributed by atoms with Crippen molar-refractivity contribution < 1.29 is 25.2 Å². The Balaban J connectivity index is 1.67. The number of hydrogen-bond acceptors (Lipinski definition) is 5. The third kappa shape index (κ3) is 5.10. The van der Waals surface area contributed by atoms with Crippen molar-refractivity contribution in [2.75, 3.05) is 13.2 Å². The summed E-state index contributed by atoms with van der Waals surface area (Å²) >= 11 is 0. The smallest absolute Gasteiger partial charge is 0.115 e. The molecule has 4 aromatic rings. The highest BCUT2D eigenvalue weighted by molar-refractivity contribution is 5.44. The quantitative estimate of drug-likeness (QED) is 0.260. The molecule has 0 bridgehead atoms. The molecule has 0 aliphatic carbocycles. The first-order valence-corrected chi connectivity index (χ1v) is 11.5. The average Bonchev–Trinajstić information content (AvgIpc) is 2.85. The molecule has 35 heavy (non-hydrogen) atoms. The Hall–Kier alpha value is -3.96. The van der Waals surface area contributed by atoms with Crippen LogP contribution in [0.25, 0.3) is 0 Å². The van der Waals surface area contributed by atoms with E-state index in [4.69, 9.17) is 4.74 Å². The van der Waals surface area contributed by atoms with Gasteiger partial charge < -0.3 is 25.2 Å². The Kier molecular flexibility index (Phi) is 6.72. The summed E-state index contributed by atoms with van der Waals surface area (Å²) in [6, 6.07) is 28.3. The molecule has 4 rings (SSSR count). The summed E-state index contributed by atoms with van der Waals surface area (Å²) in [5.41, 5.74) is 2.78. The highest BCUT2D eigenvalue weighted by Gasteiger charge is 2.34. The topological polar surface area (TPSA) is 90.2 Å². The van der Waals surface area contributed by atoms with Crippen LogP contribution in [-0.4, -0.2) is 33.6 Å². The Bertz CT molecular complexity index is 1050. The molecule has 0 amide bonds. The molecule has 0 heterocycles. The van der Waals surface area contributed by atoms with Gasteiger partial charge >= 0.3 is 0 Å². The van der Waals surface area contributed by atoms with E-state index in [2.05, 4.69) is 13.8 Å². The third-order valence-electron chi connectivity index (χ3n) is 6.80. The van der Waals surface area contributed by atoms with Crippen LogP contribution in [0.5, 0.6) is 23.0 Å². The zero-order valence-corrected chi connectivity index (χ0v) is 19.8. The van der Waals surface area contributed by atoms with Gasteiger partial charge in [-0.1, -0.05) is 48.5 Å². The number of hydrogen-bond donors (Lipinski definition) is 4. The van der Waals surface area contributed by atoms with Crippen molar-refractivity contribution in [2.24, 2.45) is 0 Å². The molecule has 0 unspecified atom stereocenters. The zero-order valence-electron chi connectivity index (χ0n) is 19.8. The van der Waals surface area contributed by atoms with Gasteiger partial charge in [-0.3, -0.25) is 0 Å². The first kappa shape index (κ1) is 24.2. The molecule has 0 aromatic heterocycles. The van der Waals surface area contributed by atoms with Crippen LogP contribution in [-0.2, 0) is 15.6 Å². The Morgan fingerprint density at radius 3 is 0.829 bits per heavy atom. The fourth-order valence-electron chi connectivity index (χ4n) is 4.44. The minimum atomic E-state index is -0.549. The van der Waals surface area contributed by atoms with Crippen molar-refractivity contribution >= 4 is 0 Å². The largest absolute Gasteiger partial charge is 0.508 e. The lowest BCUT2D eigenvalue weighted by Crippen LogP contribution is -2.35. The molecular weight excluding hydrogens is 440 g/mol. The van der Waals surface area contributed by atoms with E-state index in [9.17, 15) is 20.4 Å². The SMILES string of the molecule is CC(COCC(C)(c1ccc(O)cc1)c1ccc(O)cc1)(c1ccc(O)cc1)c1ccc(O)cc1. The Labute approximate surface area is 205 Å². The summed E-state index contributed by atoms with van der Waals surface area (Å²) in [5.74, 6) is 0.759. The second-order valence-electron chi connectivity index (χ2n) is 9.34. The molecule has 4 aromatic carbocycles. The predicted molar refractivity (Wildman–Crippen MR) is 136 cm³/mol. The number of phenolic OH excluding ortho intramolecular Hbond substituents is 4. The summed E-state index contributed by atoms with van der Waals surface area (Å²) in [5, 5.41) is 39.2. The van der Waals surface area contributed by atoms with Crippen LogP contribution in [0.4, 0.5) is 0 Å². The summed E-state index contributed by atoms with van der Waals surface area (Å²) in [6.07, 6.45) is 0. The monoisotopic (exact) mass is 470 g/mol. The molecule has 0 radical (unpaired) electrons. The van der Waals surface area contributed by atoms with Crippen molar-refractivity contribution in [1.82, 2.24) is 0 Å². The zero-order chi connectivity index (χ0) is 25.1.